The van der Waals surface area contributed by atoms with E-state index in [1.807, 2.05) is 18.2 Å². The molecule has 0 aliphatic carbocycles. The van der Waals surface area contributed by atoms with E-state index in [9.17, 15) is 9.59 Å². The molecule has 2 aromatic carbocycles. The predicted molar refractivity (Wildman–Crippen MR) is 148 cm³/mol. The molecule has 35 heavy (non-hydrogen) atoms. The first-order valence-electron chi connectivity index (χ1n) is 11.7. The highest BCUT2D eigenvalue weighted by Gasteiger charge is 2.38. The summed E-state index contributed by atoms with van der Waals surface area (Å²) in [5.74, 6) is -0.0611. The number of benzene rings is 2. The van der Waals surface area contributed by atoms with Crippen LogP contribution in [0, 0.1) is 0 Å². The molecule has 2 aliphatic heterocycles. The molecule has 1 saturated heterocycles. The van der Waals surface area contributed by atoms with Gasteiger partial charge in [0.2, 0.25) is 0 Å². The van der Waals surface area contributed by atoms with Gasteiger partial charge in [0.15, 0.2) is 5.11 Å². The van der Waals surface area contributed by atoms with E-state index in [2.05, 4.69) is 59.9 Å². The summed E-state index contributed by atoms with van der Waals surface area (Å²) >= 11 is 8.76. The van der Waals surface area contributed by atoms with Gasteiger partial charge in [0.05, 0.1) is 12.8 Å². The second-order valence-electron chi connectivity index (χ2n) is 9.66. The lowest BCUT2D eigenvalue weighted by Gasteiger charge is -2.48. The van der Waals surface area contributed by atoms with E-state index in [1.165, 1.54) is 10.5 Å². The molecule has 0 aromatic heterocycles. The Morgan fingerprint density at radius 2 is 2.00 bits per heavy atom. The molecule has 1 unspecified atom stereocenters. The van der Waals surface area contributed by atoms with Gasteiger partial charge in [-0.25, -0.2) is 0 Å². The number of nitrogens with one attached hydrogen (secondary N) is 1. The molecule has 1 fully saturated rings. The molecule has 4 rings (SSSR count). The van der Waals surface area contributed by atoms with Gasteiger partial charge in [-0.3, -0.25) is 19.8 Å². The molecule has 1 N–H and O–H groups in total. The molecule has 0 saturated carbocycles. The normalized spacial score (nSPS) is 20.7. The highest BCUT2D eigenvalue weighted by molar-refractivity contribution is 9.10. The number of fused-ring (bicyclic) bond motifs is 1. The standard InChI is InChI=1S/C27H30BrN3O3S/c1-6-10-30-22-14-23(34-5)17(11-20(22)16(2)15-27(30,3)4)12-21-24(32)29-26(35)31(25(21)33)19-9-7-8-18(28)13-19/h7-9,11-14,16H,6,10,15H2,1-5H3,(H,29,32,35)/b21-12-. The lowest BCUT2D eigenvalue weighted by atomic mass is 9.79. The van der Waals surface area contributed by atoms with Crippen molar-refractivity contribution in [2.45, 2.75) is 52.0 Å². The Labute approximate surface area is 220 Å². The van der Waals surface area contributed by atoms with Gasteiger partial charge in [0.25, 0.3) is 11.8 Å². The number of nitrogens with zero attached hydrogens (tertiary/aromatic N) is 2. The van der Waals surface area contributed by atoms with Crippen molar-refractivity contribution in [3.05, 3.63) is 57.6 Å². The number of rotatable bonds is 5. The van der Waals surface area contributed by atoms with E-state index >= 15 is 0 Å². The fourth-order valence-electron chi connectivity index (χ4n) is 5.13. The van der Waals surface area contributed by atoms with Gasteiger partial charge in [-0.1, -0.05) is 35.8 Å². The number of amides is 2. The van der Waals surface area contributed by atoms with Crippen molar-refractivity contribution in [3.8, 4) is 5.75 Å². The number of hydrogen-bond acceptors (Lipinski definition) is 5. The van der Waals surface area contributed by atoms with Crippen molar-refractivity contribution >= 4 is 62.5 Å². The topological polar surface area (TPSA) is 61.9 Å². The lowest BCUT2D eigenvalue weighted by molar-refractivity contribution is -0.122. The van der Waals surface area contributed by atoms with Gasteiger partial charge < -0.3 is 9.64 Å². The molecule has 0 bridgehead atoms. The van der Waals surface area contributed by atoms with E-state index in [-0.39, 0.29) is 16.2 Å². The van der Waals surface area contributed by atoms with Crippen molar-refractivity contribution in [1.82, 2.24) is 5.32 Å². The smallest absolute Gasteiger partial charge is 0.270 e. The summed E-state index contributed by atoms with van der Waals surface area (Å²) in [7, 11) is 1.61. The Bertz CT molecular complexity index is 1240. The fourth-order valence-corrected chi connectivity index (χ4v) is 5.79. The van der Waals surface area contributed by atoms with Gasteiger partial charge in [-0.15, -0.1) is 0 Å². The minimum absolute atomic E-state index is 0.00559. The van der Waals surface area contributed by atoms with Crippen LogP contribution in [0.2, 0.25) is 0 Å². The molecular formula is C27H30BrN3O3S. The average molecular weight is 557 g/mol. The van der Waals surface area contributed by atoms with E-state index in [0.29, 0.717) is 22.9 Å². The van der Waals surface area contributed by atoms with Gasteiger partial charge in [-0.2, -0.15) is 0 Å². The Hall–Kier alpha value is -2.71. The molecular weight excluding hydrogens is 526 g/mol. The lowest BCUT2D eigenvalue weighted by Crippen LogP contribution is -2.54. The van der Waals surface area contributed by atoms with Crippen molar-refractivity contribution < 1.29 is 14.3 Å². The second kappa shape index (κ2) is 9.74. The van der Waals surface area contributed by atoms with Crippen LogP contribution in [0.3, 0.4) is 0 Å². The fraction of sp³-hybridized carbons (Fsp3) is 0.370. The van der Waals surface area contributed by atoms with Gasteiger partial charge >= 0.3 is 0 Å². The first kappa shape index (κ1) is 25.4. The molecule has 8 heteroatoms. The van der Waals surface area contributed by atoms with E-state index in [4.69, 9.17) is 17.0 Å². The number of anilines is 2. The molecule has 2 aromatic rings. The molecule has 184 valence electrons. The van der Waals surface area contributed by atoms with Crippen molar-refractivity contribution in [2.24, 2.45) is 0 Å². The minimum atomic E-state index is -0.521. The number of carbonyl (C=O) groups is 2. The van der Waals surface area contributed by atoms with E-state index in [1.54, 1.807) is 25.3 Å². The maximum Gasteiger partial charge on any atom is 0.270 e. The Morgan fingerprint density at radius 3 is 2.66 bits per heavy atom. The van der Waals surface area contributed by atoms with Crippen LogP contribution in [-0.4, -0.2) is 36.1 Å². The Morgan fingerprint density at radius 1 is 1.26 bits per heavy atom. The second-order valence-corrected chi connectivity index (χ2v) is 11.0. The Balaban J connectivity index is 1.81. The quantitative estimate of drug-likeness (QED) is 0.287. The molecule has 6 nitrogen and oxygen atoms in total. The van der Waals surface area contributed by atoms with Gasteiger partial charge in [0, 0.05) is 33.9 Å². The van der Waals surface area contributed by atoms with Crippen LogP contribution < -0.4 is 19.9 Å². The number of ether oxygens (including phenoxy) is 1. The molecule has 2 amide bonds. The number of halogens is 1. The van der Waals surface area contributed by atoms with Crippen LogP contribution in [0.1, 0.15) is 57.6 Å². The molecule has 0 radical (unpaired) electrons. The van der Waals surface area contributed by atoms with Crippen LogP contribution in [0.25, 0.3) is 6.08 Å². The van der Waals surface area contributed by atoms with Crippen molar-refractivity contribution in [2.75, 3.05) is 23.5 Å². The maximum absolute atomic E-state index is 13.5. The summed E-state index contributed by atoms with van der Waals surface area (Å²) in [5, 5.41) is 2.71. The van der Waals surface area contributed by atoms with E-state index < -0.39 is 11.8 Å². The summed E-state index contributed by atoms with van der Waals surface area (Å²) in [4.78, 5) is 30.1. The summed E-state index contributed by atoms with van der Waals surface area (Å²) < 4.78 is 6.55. The summed E-state index contributed by atoms with van der Waals surface area (Å²) in [6, 6.07) is 11.3. The van der Waals surface area contributed by atoms with Crippen LogP contribution in [-0.2, 0) is 9.59 Å². The summed E-state index contributed by atoms with van der Waals surface area (Å²) in [6.45, 7) is 9.89. The van der Waals surface area contributed by atoms with Crippen LogP contribution in [0.15, 0.2) is 46.4 Å². The monoisotopic (exact) mass is 555 g/mol. The van der Waals surface area contributed by atoms with Crippen LogP contribution >= 0.6 is 28.1 Å². The third-order valence-electron chi connectivity index (χ3n) is 6.65. The number of thiocarbonyl (C=S) groups is 1. The zero-order valence-electron chi connectivity index (χ0n) is 20.6. The first-order valence-corrected chi connectivity index (χ1v) is 12.9. The zero-order chi connectivity index (χ0) is 25.5. The molecule has 2 aliphatic rings. The number of carbonyl (C=O) groups excluding carboxylic acids is 2. The Kier molecular flexibility index (Phi) is 7.06. The SMILES string of the molecule is CCCN1c2cc(OC)c(/C=C3/C(=O)NC(=S)N(c4cccc(Br)c4)C3=O)cc2C(C)CC1(C)C. The predicted octanol–water partition coefficient (Wildman–Crippen LogP) is 5.79. The summed E-state index contributed by atoms with van der Waals surface area (Å²) in [5.41, 5.74) is 3.62. The third-order valence-corrected chi connectivity index (χ3v) is 7.43. The van der Waals surface area contributed by atoms with Crippen LogP contribution in [0.5, 0.6) is 5.75 Å². The maximum atomic E-state index is 13.5. The summed E-state index contributed by atoms with van der Waals surface area (Å²) in [6.07, 6.45) is 3.65. The van der Waals surface area contributed by atoms with Crippen LogP contribution in [0.4, 0.5) is 11.4 Å². The molecule has 0 spiro atoms. The molecule has 2 heterocycles. The van der Waals surface area contributed by atoms with Gasteiger partial charge in [-0.05, 0) is 80.7 Å². The third kappa shape index (κ3) is 4.74. The highest BCUT2D eigenvalue weighted by atomic mass is 79.9. The first-order chi connectivity index (χ1) is 16.6. The zero-order valence-corrected chi connectivity index (χ0v) is 23.0. The average Bonchev–Trinajstić information content (AvgIpc) is 2.78. The minimum Gasteiger partial charge on any atom is -0.496 e. The van der Waals surface area contributed by atoms with Crippen molar-refractivity contribution in [1.29, 1.82) is 0 Å². The largest absolute Gasteiger partial charge is 0.496 e. The highest BCUT2D eigenvalue weighted by Crippen LogP contribution is 2.46. The molecule has 1 atom stereocenters. The van der Waals surface area contributed by atoms with Crippen molar-refractivity contribution in [3.63, 3.8) is 0 Å². The number of hydrogen-bond donors (Lipinski definition) is 1. The number of methoxy groups -OCH3 is 1. The van der Waals surface area contributed by atoms with E-state index in [0.717, 1.165) is 29.5 Å². The van der Waals surface area contributed by atoms with Gasteiger partial charge in [0.1, 0.15) is 11.3 Å².